The summed E-state index contributed by atoms with van der Waals surface area (Å²) in [7, 11) is 0. The number of hydrogen-bond acceptors (Lipinski definition) is 2. The van der Waals surface area contributed by atoms with Gasteiger partial charge < -0.3 is 5.32 Å². The van der Waals surface area contributed by atoms with E-state index in [-0.39, 0.29) is 36.3 Å². The Labute approximate surface area is 160 Å². The number of nitrogens with one attached hydrogen (secondary N) is 1. The standard InChI is InChI=1S/C16H18F6N2.2ClH/c17-15(18,19)11-3-4-13(16(20,21)22)12(9-11)14(10-1-2-10)24-7-5-23-6-8-24;;/h3-4,9-10,14,23H,1-2,5-8H2;2*1H/t14-;;/m0../s1. The molecule has 0 aromatic heterocycles. The highest BCUT2D eigenvalue weighted by molar-refractivity contribution is 5.85. The lowest BCUT2D eigenvalue weighted by molar-refractivity contribution is -0.142. The Hall–Kier alpha value is -0.700. The van der Waals surface area contributed by atoms with E-state index in [9.17, 15) is 26.3 Å². The van der Waals surface area contributed by atoms with Crippen LogP contribution >= 0.6 is 24.8 Å². The molecule has 0 radical (unpaired) electrons. The lowest BCUT2D eigenvalue weighted by Crippen LogP contribution is -2.46. The lowest BCUT2D eigenvalue weighted by atomic mass is 9.92. The zero-order chi connectivity index (χ0) is 17.5. The summed E-state index contributed by atoms with van der Waals surface area (Å²) in [6.07, 6.45) is -7.82. The van der Waals surface area contributed by atoms with Gasteiger partial charge in [0.2, 0.25) is 0 Å². The molecule has 1 aromatic carbocycles. The summed E-state index contributed by atoms with van der Waals surface area (Å²) in [5.74, 6) is -0.00677. The average Bonchev–Trinajstić information content (AvgIpc) is 3.31. The number of rotatable bonds is 3. The second-order valence-electron chi connectivity index (χ2n) is 6.37. The van der Waals surface area contributed by atoms with E-state index >= 15 is 0 Å². The van der Waals surface area contributed by atoms with Gasteiger partial charge in [0, 0.05) is 32.2 Å². The van der Waals surface area contributed by atoms with E-state index in [2.05, 4.69) is 5.32 Å². The van der Waals surface area contributed by atoms with E-state index < -0.39 is 29.5 Å². The van der Waals surface area contributed by atoms with Crippen LogP contribution in [0.1, 0.15) is 35.6 Å². The van der Waals surface area contributed by atoms with Gasteiger partial charge in [0.05, 0.1) is 11.1 Å². The summed E-state index contributed by atoms with van der Waals surface area (Å²) in [6.45, 7) is 2.33. The molecule has 0 amide bonds. The highest BCUT2D eigenvalue weighted by atomic mass is 35.5. The van der Waals surface area contributed by atoms with Gasteiger partial charge in [-0.15, -0.1) is 24.8 Å². The van der Waals surface area contributed by atoms with E-state index in [0.29, 0.717) is 44.4 Å². The molecule has 2 aliphatic rings. The van der Waals surface area contributed by atoms with Crippen LogP contribution in [0.5, 0.6) is 0 Å². The molecule has 1 aliphatic heterocycles. The summed E-state index contributed by atoms with van der Waals surface area (Å²) >= 11 is 0. The topological polar surface area (TPSA) is 15.3 Å². The second-order valence-corrected chi connectivity index (χ2v) is 6.37. The average molecular weight is 425 g/mol. The van der Waals surface area contributed by atoms with Gasteiger partial charge in [-0.1, -0.05) is 0 Å². The maximum absolute atomic E-state index is 13.4. The molecule has 1 saturated heterocycles. The quantitative estimate of drug-likeness (QED) is 0.692. The maximum atomic E-state index is 13.4. The molecule has 0 bridgehead atoms. The van der Waals surface area contributed by atoms with Crippen LogP contribution in [0, 0.1) is 5.92 Å². The molecule has 3 rings (SSSR count). The summed E-state index contributed by atoms with van der Waals surface area (Å²) in [5, 5.41) is 3.12. The Morgan fingerprint density at radius 1 is 0.923 bits per heavy atom. The SMILES string of the molecule is Cl.Cl.FC(F)(F)c1ccc(C(F)(F)F)c([C@H](C2CC2)N2CCNCC2)c1. The molecule has 1 heterocycles. The molecule has 1 atom stereocenters. The summed E-state index contributed by atoms with van der Waals surface area (Å²) < 4.78 is 79.2. The zero-order valence-electron chi connectivity index (χ0n) is 13.7. The minimum atomic E-state index is -4.67. The Morgan fingerprint density at radius 2 is 1.50 bits per heavy atom. The van der Waals surface area contributed by atoms with Crippen LogP contribution in [-0.4, -0.2) is 31.1 Å². The fourth-order valence-electron chi connectivity index (χ4n) is 3.36. The number of nitrogens with zero attached hydrogens (tertiary/aromatic N) is 1. The van der Waals surface area contributed by atoms with Crippen LogP contribution in [0.25, 0.3) is 0 Å². The van der Waals surface area contributed by atoms with Crippen molar-refractivity contribution >= 4 is 24.8 Å². The van der Waals surface area contributed by atoms with Crippen LogP contribution in [0.2, 0.25) is 0 Å². The second kappa shape index (κ2) is 8.54. The van der Waals surface area contributed by atoms with Crippen molar-refractivity contribution in [2.24, 2.45) is 5.92 Å². The molecule has 0 unspecified atom stereocenters. The van der Waals surface area contributed by atoms with E-state index in [0.717, 1.165) is 12.8 Å². The largest absolute Gasteiger partial charge is 0.416 e. The van der Waals surface area contributed by atoms with Gasteiger partial charge in [-0.2, -0.15) is 26.3 Å². The van der Waals surface area contributed by atoms with E-state index in [1.807, 2.05) is 4.90 Å². The number of hydrogen-bond donors (Lipinski definition) is 1. The first-order valence-corrected chi connectivity index (χ1v) is 7.91. The molecule has 10 heteroatoms. The van der Waals surface area contributed by atoms with Crippen molar-refractivity contribution in [1.82, 2.24) is 10.2 Å². The van der Waals surface area contributed by atoms with Gasteiger partial charge in [-0.3, -0.25) is 4.90 Å². The molecule has 1 saturated carbocycles. The molecule has 2 nitrogen and oxygen atoms in total. The van der Waals surface area contributed by atoms with Gasteiger partial charge in [-0.25, -0.2) is 0 Å². The third kappa shape index (κ3) is 5.18. The van der Waals surface area contributed by atoms with Crippen molar-refractivity contribution in [1.29, 1.82) is 0 Å². The first-order chi connectivity index (χ1) is 11.2. The summed E-state index contributed by atoms with van der Waals surface area (Å²) in [4.78, 5) is 1.89. The van der Waals surface area contributed by atoms with Crippen LogP contribution < -0.4 is 5.32 Å². The summed E-state index contributed by atoms with van der Waals surface area (Å²) in [5.41, 5.74) is -2.21. The van der Waals surface area contributed by atoms with Crippen LogP contribution in [-0.2, 0) is 12.4 Å². The fourth-order valence-corrected chi connectivity index (χ4v) is 3.36. The smallest absolute Gasteiger partial charge is 0.314 e. The predicted molar refractivity (Wildman–Crippen MR) is 90.8 cm³/mol. The van der Waals surface area contributed by atoms with Crippen molar-refractivity contribution in [3.63, 3.8) is 0 Å². The first-order valence-electron chi connectivity index (χ1n) is 7.91. The van der Waals surface area contributed by atoms with Crippen molar-refractivity contribution in [3.8, 4) is 0 Å². The van der Waals surface area contributed by atoms with Gasteiger partial charge in [-0.05, 0) is 42.5 Å². The van der Waals surface area contributed by atoms with E-state index in [4.69, 9.17) is 0 Å². The molecule has 150 valence electrons. The number of benzene rings is 1. The van der Waals surface area contributed by atoms with Gasteiger partial charge in [0.25, 0.3) is 0 Å². The monoisotopic (exact) mass is 424 g/mol. The van der Waals surface area contributed by atoms with Crippen LogP contribution in [0.15, 0.2) is 18.2 Å². The molecule has 26 heavy (non-hydrogen) atoms. The number of piperazine rings is 1. The van der Waals surface area contributed by atoms with Crippen LogP contribution in [0.3, 0.4) is 0 Å². The van der Waals surface area contributed by atoms with Gasteiger partial charge in [0.1, 0.15) is 0 Å². The Bertz CT molecular complexity index is 595. The maximum Gasteiger partial charge on any atom is 0.416 e. The van der Waals surface area contributed by atoms with E-state index in [1.165, 1.54) is 0 Å². The third-order valence-electron chi connectivity index (χ3n) is 4.62. The Kier molecular flexibility index (Phi) is 7.67. The van der Waals surface area contributed by atoms with Crippen molar-refractivity contribution < 1.29 is 26.3 Å². The van der Waals surface area contributed by atoms with Crippen molar-refractivity contribution in [2.75, 3.05) is 26.2 Å². The van der Waals surface area contributed by atoms with Gasteiger partial charge in [0.15, 0.2) is 0 Å². The third-order valence-corrected chi connectivity index (χ3v) is 4.62. The highest BCUT2D eigenvalue weighted by Crippen LogP contribution is 2.49. The number of alkyl halides is 6. The normalized spacial score (nSPS) is 20.1. The Balaban J connectivity index is 0.00000169. The van der Waals surface area contributed by atoms with E-state index in [1.54, 1.807) is 0 Å². The predicted octanol–water partition coefficient (Wildman–Crippen LogP) is 4.92. The minimum Gasteiger partial charge on any atom is -0.314 e. The highest BCUT2D eigenvalue weighted by Gasteiger charge is 2.44. The molecule has 1 aromatic rings. The number of halogens is 8. The molecular weight excluding hydrogens is 405 g/mol. The minimum absolute atomic E-state index is 0. The zero-order valence-corrected chi connectivity index (χ0v) is 15.3. The fraction of sp³-hybridized carbons (Fsp3) is 0.625. The Morgan fingerprint density at radius 3 is 1.96 bits per heavy atom. The van der Waals surface area contributed by atoms with Crippen LogP contribution in [0.4, 0.5) is 26.3 Å². The molecule has 1 aliphatic carbocycles. The first kappa shape index (κ1) is 23.3. The molecule has 0 spiro atoms. The lowest BCUT2D eigenvalue weighted by Gasteiger charge is -2.36. The molecule has 2 fully saturated rings. The van der Waals surface area contributed by atoms with Gasteiger partial charge >= 0.3 is 12.4 Å². The van der Waals surface area contributed by atoms with Crippen molar-refractivity contribution in [2.45, 2.75) is 31.2 Å². The van der Waals surface area contributed by atoms with Crippen molar-refractivity contribution in [3.05, 3.63) is 34.9 Å². The summed E-state index contributed by atoms with van der Waals surface area (Å²) in [6, 6.07) is 1.20. The molecular formula is C16H20Cl2F6N2. The molecule has 1 N–H and O–H groups in total.